The lowest BCUT2D eigenvalue weighted by molar-refractivity contribution is 0.0314. The smallest absolute Gasteiger partial charge is 0.139 e. The van der Waals surface area contributed by atoms with E-state index >= 15 is 0 Å². The molecule has 0 bridgehead atoms. The second kappa shape index (κ2) is 4.09. The average Bonchev–Trinajstić information content (AvgIpc) is 2.44. The highest BCUT2D eigenvalue weighted by Crippen LogP contribution is 2.24. The Kier molecular flexibility index (Phi) is 3.30. The summed E-state index contributed by atoms with van der Waals surface area (Å²) in [7, 11) is 0. The molecular weight excluding hydrogens is 194 g/mol. The minimum atomic E-state index is -1.02. The highest BCUT2D eigenvalue weighted by atomic mass is 35.5. The van der Waals surface area contributed by atoms with Crippen LogP contribution in [0.25, 0.3) is 0 Å². The van der Waals surface area contributed by atoms with Crippen molar-refractivity contribution in [1.82, 2.24) is 5.16 Å². The van der Waals surface area contributed by atoms with Crippen LogP contribution in [0.2, 0.25) is 0 Å². The summed E-state index contributed by atoms with van der Waals surface area (Å²) < 4.78 is 4.85. The van der Waals surface area contributed by atoms with Crippen LogP contribution < -0.4 is 0 Å². The van der Waals surface area contributed by atoms with Crippen molar-refractivity contribution in [3.63, 3.8) is 0 Å². The highest BCUT2D eigenvalue weighted by molar-refractivity contribution is 6.18. The molecule has 0 saturated heterocycles. The molecule has 1 heterocycles. The van der Waals surface area contributed by atoms with E-state index in [0.717, 1.165) is 0 Å². The summed E-state index contributed by atoms with van der Waals surface area (Å²) in [6.07, 6.45) is -2.01. The fourth-order valence-electron chi connectivity index (χ4n) is 1.19. The van der Waals surface area contributed by atoms with Gasteiger partial charge in [-0.05, 0) is 13.8 Å². The number of hydrogen-bond donors (Lipinski definition) is 2. The Labute approximate surface area is 81.1 Å². The topological polar surface area (TPSA) is 66.5 Å². The van der Waals surface area contributed by atoms with Gasteiger partial charge in [0.1, 0.15) is 11.9 Å². The first-order valence-electron chi connectivity index (χ1n) is 3.92. The third kappa shape index (κ3) is 2.02. The van der Waals surface area contributed by atoms with Crippen molar-refractivity contribution in [2.24, 2.45) is 0 Å². The summed E-state index contributed by atoms with van der Waals surface area (Å²) in [6, 6.07) is 0. The zero-order valence-electron chi connectivity index (χ0n) is 7.49. The van der Waals surface area contributed by atoms with Crippen molar-refractivity contribution < 1.29 is 14.7 Å². The van der Waals surface area contributed by atoms with Gasteiger partial charge in [0.05, 0.1) is 17.7 Å². The molecule has 2 N–H and O–H groups in total. The van der Waals surface area contributed by atoms with E-state index in [1.807, 2.05) is 0 Å². The molecule has 0 aliphatic carbocycles. The minimum absolute atomic E-state index is 0.0226. The van der Waals surface area contributed by atoms with Gasteiger partial charge in [-0.15, -0.1) is 11.6 Å². The lowest BCUT2D eigenvalue weighted by atomic mass is 10.0. The molecule has 1 rings (SSSR count). The van der Waals surface area contributed by atoms with Crippen molar-refractivity contribution in [1.29, 1.82) is 0 Å². The monoisotopic (exact) mass is 205 g/mol. The number of aromatic nitrogens is 1. The number of nitrogens with zero attached hydrogens (tertiary/aromatic N) is 1. The maximum Gasteiger partial charge on any atom is 0.139 e. The minimum Gasteiger partial charge on any atom is -0.389 e. The molecule has 74 valence electrons. The van der Waals surface area contributed by atoms with E-state index in [9.17, 15) is 10.2 Å². The van der Waals surface area contributed by atoms with Crippen LogP contribution in [0.3, 0.4) is 0 Å². The van der Waals surface area contributed by atoms with Gasteiger partial charge in [-0.2, -0.15) is 0 Å². The number of alkyl halides is 1. The number of aliphatic hydroxyl groups is 2. The molecule has 0 aromatic carbocycles. The van der Waals surface area contributed by atoms with Crippen molar-refractivity contribution in [2.75, 3.05) is 5.88 Å². The molecule has 2 unspecified atom stereocenters. The van der Waals surface area contributed by atoms with Crippen molar-refractivity contribution >= 4 is 11.6 Å². The maximum absolute atomic E-state index is 9.61. The van der Waals surface area contributed by atoms with Gasteiger partial charge in [-0.1, -0.05) is 5.16 Å². The number of halogens is 1. The van der Waals surface area contributed by atoms with Crippen LogP contribution in [0.4, 0.5) is 0 Å². The van der Waals surface area contributed by atoms with Crippen LogP contribution in [0.5, 0.6) is 0 Å². The highest BCUT2D eigenvalue weighted by Gasteiger charge is 2.24. The van der Waals surface area contributed by atoms with Gasteiger partial charge in [0, 0.05) is 5.56 Å². The first kappa shape index (κ1) is 10.5. The summed E-state index contributed by atoms with van der Waals surface area (Å²) in [6.45, 7) is 3.38. The normalized spacial score (nSPS) is 15.8. The molecule has 13 heavy (non-hydrogen) atoms. The summed E-state index contributed by atoms with van der Waals surface area (Å²) in [5.74, 6) is 0.486. The Hall–Kier alpha value is -0.580. The van der Waals surface area contributed by atoms with Gasteiger partial charge in [-0.25, -0.2) is 0 Å². The summed E-state index contributed by atoms with van der Waals surface area (Å²) >= 11 is 5.41. The first-order chi connectivity index (χ1) is 6.07. The van der Waals surface area contributed by atoms with Gasteiger partial charge >= 0.3 is 0 Å². The zero-order valence-corrected chi connectivity index (χ0v) is 8.25. The standard InChI is InChI=1S/C8H12ClNO3/c1-4-7(5(2)13-10-4)8(12)6(11)3-9/h6,8,11-12H,3H2,1-2H3. The molecule has 0 amide bonds. The molecule has 2 atom stereocenters. The van der Waals surface area contributed by atoms with Crippen molar-refractivity contribution in [3.05, 3.63) is 17.0 Å². The molecule has 1 aromatic rings. The summed E-state index contributed by atoms with van der Waals surface area (Å²) in [5.41, 5.74) is 1.10. The molecule has 5 heteroatoms. The van der Waals surface area contributed by atoms with Crippen LogP contribution in [-0.4, -0.2) is 27.4 Å². The quantitative estimate of drug-likeness (QED) is 0.721. The van der Waals surface area contributed by atoms with Crippen molar-refractivity contribution in [2.45, 2.75) is 26.1 Å². The van der Waals surface area contributed by atoms with Crippen molar-refractivity contribution in [3.8, 4) is 0 Å². The Morgan fingerprint density at radius 1 is 1.46 bits per heavy atom. The van der Waals surface area contributed by atoms with Crippen LogP contribution >= 0.6 is 11.6 Å². The lowest BCUT2D eigenvalue weighted by Gasteiger charge is -2.14. The number of aliphatic hydroxyl groups excluding tert-OH is 2. The molecule has 0 spiro atoms. The number of rotatable bonds is 3. The maximum atomic E-state index is 9.61. The van der Waals surface area contributed by atoms with Crippen LogP contribution in [-0.2, 0) is 0 Å². The van der Waals surface area contributed by atoms with Gasteiger partial charge in [0.25, 0.3) is 0 Å². The molecule has 1 aromatic heterocycles. The Balaban J connectivity index is 2.93. The number of aryl methyl sites for hydroxylation is 2. The predicted molar refractivity (Wildman–Crippen MR) is 47.7 cm³/mol. The fourth-order valence-corrected chi connectivity index (χ4v) is 1.36. The molecule has 0 fully saturated rings. The summed E-state index contributed by atoms with van der Waals surface area (Å²) in [5, 5.41) is 22.6. The second-order valence-electron chi connectivity index (χ2n) is 2.90. The van der Waals surface area contributed by atoms with E-state index in [4.69, 9.17) is 16.1 Å². The lowest BCUT2D eigenvalue weighted by Crippen LogP contribution is -2.20. The molecule has 0 aliphatic heterocycles. The predicted octanol–water partition coefficient (Wildman–Crippen LogP) is 0.925. The van der Waals surface area contributed by atoms with Gasteiger partial charge in [0.2, 0.25) is 0 Å². The Morgan fingerprint density at radius 2 is 2.08 bits per heavy atom. The van der Waals surface area contributed by atoms with E-state index in [2.05, 4.69) is 5.16 Å². The van der Waals surface area contributed by atoms with Gasteiger partial charge < -0.3 is 14.7 Å². The van der Waals surface area contributed by atoms with E-state index in [0.29, 0.717) is 17.0 Å². The molecule has 0 saturated carbocycles. The van der Waals surface area contributed by atoms with Gasteiger partial charge in [-0.3, -0.25) is 0 Å². The Morgan fingerprint density at radius 3 is 2.46 bits per heavy atom. The van der Waals surface area contributed by atoms with E-state index in [1.54, 1.807) is 13.8 Å². The fraction of sp³-hybridized carbons (Fsp3) is 0.625. The molecule has 4 nitrogen and oxygen atoms in total. The first-order valence-corrected chi connectivity index (χ1v) is 4.46. The van der Waals surface area contributed by atoms with Crippen LogP contribution in [0.1, 0.15) is 23.1 Å². The third-order valence-corrected chi connectivity index (χ3v) is 2.22. The van der Waals surface area contributed by atoms with E-state index in [1.165, 1.54) is 0 Å². The molecule has 0 aliphatic rings. The summed E-state index contributed by atoms with van der Waals surface area (Å²) in [4.78, 5) is 0. The van der Waals surface area contributed by atoms with Crippen LogP contribution in [0, 0.1) is 13.8 Å². The second-order valence-corrected chi connectivity index (χ2v) is 3.21. The Bertz CT molecular complexity index is 267. The van der Waals surface area contributed by atoms with E-state index in [-0.39, 0.29) is 5.88 Å². The molecular formula is C8H12ClNO3. The number of hydrogen-bond acceptors (Lipinski definition) is 4. The average molecular weight is 206 g/mol. The zero-order chi connectivity index (χ0) is 10.0. The SMILES string of the molecule is Cc1noc(C)c1C(O)C(O)CCl. The molecule has 0 radical (unpaired) electrons. The van der Waals surface area contributed by atoms with Crippen LogP contribution in [0.15, 0.2) is 4.52 Å². The van der Waals surface area contributed by atoms with E-state index < -0.39 is 12.2 Å². The van der Waals surface area contributed by atoms with Gasteiger partial charge in [0.15, 0.2) is 0 Å². The third-order valence-electron chi connectivity index (χ3n) is 1.91. The largest absolute Gasteiger partial charge is 0.389 e.